The molecule has 4 nitrogen and oxygen atoms in total. The summed E-state index contributed by atoms with van der Waals surface area (Å²) in [6.45, 7) is 0. The van der Waals surface area contributed by atoms with Crippen LogP contribution in [0.15, 0.2) is 473 Å². The number of rotatable bonds is 20. The van der Waals surface area contributed by atoms with Crippen molar-refractivity contribution in [3.05, 3.63) is 484 Å². The Hall–Kier alpha value is -15.8. The molecule has 0 N–H and O–H groups in total. The molecule has 0 radical (unpaired) electrons. The summed E-state index contributed by atoms with van der Waals surface area (Å²) >= 11 is 0. The minimum Gasteiger partial charge on any atom is -0.310 e. The SMILES string of the molecule is C1=C=C(c2ccc(N(c3ccc(-c4ccccc4)cc3)c3ccc4c5ccc(N(c6ccc(-c7ccccc7)cc6)c6ccc(-c7ccccc7)cc6)c6c(N(c7ccc(-c8ccccc8)cc7)c7ccc(-c8ccccc8)cc7)ccc(c7ccc(N(c8ccc(C9=CC=CCC9)cc8)c8ccc(-c9ccccc9)cc8)c3c47)c65)cc2)C=CC=1. The summed E-state index contributed by atoms with van der Waals surface area (Å²) in [7, 11) is 0. The molecule has 19 aromatic carbocycles. The van der Waals surface area contributed by atoms with Crippen LogP contribution in [0, 0.1) is 0 Å². The van der Waals surface area contributed by atoms with E-state index in [2.05, 4.69) is 480 Å². The Morgan fingerprint density at radius 1 is 0.200 bits per heavy atom. The third kappa shape index (κ3) is 13.7. The molecule has 0 heterocycles. The van der Waals surface area contributed by atoms with E-state index in [9.17, 15) is 0 Å². The highest BCUT2D eigenvalue weighted by molar-refractivity contribution is 6.38. The Bertz CT molecular complexity index is 6770. The van der Waals surface area contributed by atoms with E-state index in [1.807, 2.05) is 12.2 Å². The Balaban J connectivity index is 0.871. The summed E-state index contributed by atoms with van der Waals surface area (Å²) in [4.78, 5) is 9.99. The largest absolute Gasteiger partial charge is 0.310 e. The maximum absolute atomic E-state index is 3.40. The Kier molecular flexibility index (Phi) is 19.0. The van der Waals surface area contributed by atoms with E-state index >= 15 is 0 Å². The smallest absolute Gasteiger partial charge is 0.0561 e. The molecule has 0 aliphatic heterocycles. The fourth-order valence-corrected chi connectivity index (χ4v) is 17.9. The summed E-state index contributed by atoms with van der Waals surface area (Å²) < 4.78 is 0. The van der Waals surface area contributed by atoms with Crippen LogP contribution in [0.3, 0.4) is 0 Å². The number of hydrogen-bond donors (Lipinski definition) is 0. The van der Waals surface area contributed by atoms with Gasteiger partial charge in [0.25, 0.3) is 0 Å². The maximum Gasteiger partial charge on any atom is 0.0561 e. The summed E-state index contributed by atoms with van der Waals surface area (Å²) in [5, 5.41) is 8.98. The first kappa shape index (κ1) is 71.9. The van der Waals surface area contributed by atoms with Gasteiger partial charge in [-0.2, -0.15) is 0 Å². The van der Waals surface area contributed by atoms with Crippen molar-refractivity contribution in [1.29, 1.82) is 0 Å². The standard InChI is InChI=1S/C116H80N4/c1-9-25-81(26-10-1)89-41-57-97(58-42-89)117(98-59-43-90(44-60-98)82-27-11-2-12-28-82)109-77-73-105-107-75-79-111(119(101-65-49-93(50-66-101)85-33-17-5-18-34-85)102-67-51-94(52-68-102)86-35-19-6-20-36-86)116-112(120(103-69-53-95(54-70-103)87-37-21-7-22-38-87)104-71-55-96(56-72-104)88-39-23-8-24-40-88)80-76-108(114(107)116)106-74-78-110(115(109)113(105)106)118(99-61-45-91(46-62-99)83-29-13-3-14-30-83)100-63-47-92(48-64-100)84-31-15-4-16-32-84/h1-19,21-23,25-35,37-39,41-80H,20,36H2. The quantitative estimate of drug-likeness (QED) is 0.0428. The molecular weight excluding hydrogens is 1450 g/mol. The molecular formula is C116H80N4. The van der Waals surface area contributed by atoms with Crippen LogP contribution in [-0.4, -0.2) is 0 Å². The van der Waals surface area contributed by atoms with Crippen molar-refractivity contribution in [2.75, 3.05) is 19.6 Å². The first-order chi connectivity index (χ1) is 59.5. The molecule has 0 unspecified atom stereocenters. The normalized spacial score (nSPS) is 12.3. The summed E-state index contributed by atoms with van der Waals surface area (Å²) in [6, 6.07) is 157. The third-order valence-corrected chi connectivity index (χ3v) is 23.8. The number of allylic oxidation sites excluding steroid dienone is 8. The average Bonchev–Trinajstić information content (AvgIpc) is 0.692. The number of benzene rings is 19. The van der Waals surface area contributed by atoms with Crippen LogP contribution in [0.25, 0.3) is 121 Å². The van der Waals surface area contributed by atoms with Crippen molar-refractivity contribution in [3.63, 3.8) is 0 Å². The molecule has 19 aromatic rings. The molecule has 0 amide bonds. The van der Waals surface area contributed by atoms with Gasteiger partial charge in [0.2, 0.25) is 0 Å². The van der Waals surface area contributed by atoms with Gasteiger partial charge in [0.15, 0.2) is 0 Å². The predicted octanol–water partition coefficient (Wildman–Crippen LogP) is 32.6. The zero-order chi connectivity index (χ0) is 79.7. The lowest BCUT2D eigenvalue weighted by Crippen LogP contribution is -2.15. The number of fused-ring (bicyclic) bond motifs is 2. The second kappa shape index (κ2) is 31.8. The maximum atomic E-state index is 3.40. The lowest BCUT2D eigenvalue weighted by atomic mass is 9.86. The second-order valence-electron chi connectivity index (χ2n) is 30.8. The van der Waals surface area contributed by atoms with Gasteiger partial charge in [0, 0.05) is 72.6 Å². The van der Waals surface area contributed by atoms with E-state index < -0.39 is 0 Å². The van der Waals surface area contributed by atoms with Crippen molar-refractivity contribution in [1.82, 2.24) is 0 Å². The van der Waals surface area contributed by atoms with Gasteiger partial charge in [0.1, 0.15) is 0 Å². The Morgan fingerprint density at radius 2 is 0.433 bits per heavy atom. The zero-order valence-corrected chi connectivity index (χ0v) is 66.1. The number of nitrogens with zero attached hydrogens (tertiary/aromatic N) is 4. The highest BCUT2D eigenvalue weighted by Crippen LogP contribution is 2.56. The predicted molar refractivity (Wildman–Crippen MR) is 509 cm³/mol. The lowest BCUT2D eigenvalue weighted by Gasteiger charge is -2.34. The third-order valence-electron chi connectivity index (χ3n) is 23.8. The van der Waals surface area contributed by atoms with Gasteiger partial charge in [-0.3, -0.25) is 0 Å². The van der Waals surface area contributed by atoms with Crippen molar-refractivity contribution in [3.8, 4) is 66.8 Å². The highest BCUT2D eigenvalue weighted by atomic mass is 15.2. The molecule has 4 heteroatoms. The minimum absolute atomic E-state index is 0.983. The van der Waals surface area contributed by atoms with Crippen LogP contribution < -0.4 is 19.6 Å². The van der Waals surface area contributed by atoms with Crippen molar-refractivity contribution in [2.45, 2.75) is 12.8 Å². The molecule has 120 heavy (non-hydrogen) atoms. The van der Waals surface area contributed by atoms with E-state index in [-0.39, 0.29) is 0 Å². The highest BCUT2D eigenvalue weighted by Gasteiger charge is 2.31. The molecule has 2 aliphatic rings. The molecule has 0 saturated heterocycles. The Morgan fingerprint density at radius 3 is 0.658 bits per heavy atom. The lowest BCUT2D eigenvalue weighted by molar-refractivity contribution is 1.05. The molecule has 0 saturated carbocycles. The molecule has 0 spiro atoms. The monoisotopic (exact) mass is 1530 g/mol. The van der Waals surface area contributed by atoms with Crippen LogP contribution in [-0.2, 0) is 0 Å². The van der Waals surface area contributed by atoms with E-state index in [1.165, 1.54) is 11.1 Å². The van der Waals surface area contributed by atoms with Gasteiger partial charge in [-0.1, -0.05) is 339 Å². The Labute approximate surface area is 700 Å². The molecule has 564 valence electrons. The first-order valence-corrected chi connectivity index (χ1v) is 41.3. The second-order valence-corrected chi connectivity index (χ2v) is 30.8. The summed E-state index contributed by atoms with van der Waals surface area (Å²) in [5.41, 5.74) is 37.3. The van der Waals surface area contributed by atoms with E-state index in [4.69, 9.17) is 0 Å². The molecule has 0 fully saturated rings. The van der Waals surface area contributed by atoms with E-state index in [0.717, 1.165) is 202 Å². The molecule has 21 rings (SSSR count). The zero-order valence-electron chi connectivity index (χ0n) is 66.1. The fraction of sp³-hybridized carbons (Fsp3) is 0.0172. The topological polar surface area (TPSA) is 13.0 Å². The van der Waals surface area contributed by atoms with Crippen molar-refractivity contribution >= 4 is 122 Å². The van der Waals surface area contributed by atoms with Crippen LogP contribution in [0.2, 0.25) is 0 Å². The summed E-state index contributed by atoms with van der Waals surface area (Å²) in [5.74, 6) is 0. The first-order valence-electron chi connectivity index (χ1n) is 41.3. The van der Waals surface area contributed by atoms with Gasteiger partial charge < -0.3 is 19.6 Å². The molecule has 0 atom stereocenters. The van der Waals surface area contributed by atoms with Gasteiger partial charge in [-0.25, -0.2) is 0 Å². The van der Waals surface area contributed by atoms with E-state index in [0.29, 0.717) is 0 Å². The fourth-order valence-electron chi connectivity index (χ4n) is 17.9. The summed E-state index contributed by atoms with van der Waals surface area (Å²) in [6.07, 6.45) is 14.8. The van der Waals surface area contributed by atoms with Crippen molar-refractivity contribution in [2.24, 2.45) is 0 Å². The van der Waals surface area contributed by atoms with Gasteiger partial charge >= 0.3 is 0 Å². The minimum atomic E-state index is 0.983. The molecule has 2 aliphatic carbocycles. The van der Waals surface area contributed by atoms with Crippen LogP contribution in [0.5, 0.6) is 0 Å². The number of anilines is 12. The van der Waals surface area contributed by atoms with E-state index in [1.54, 1.807) is 0 Å². The molecule has 0 bridgehead atoms. The van der Waals surface area contributed by atoms with Crippen molar-refractivity contribution < 1.29 is 0 Å². The van der Waals surface area contributed by atoms with Crippen LogP contribution in [0.4, 0.5) is 68.2 Å². The van der Waals surface area contributed by atoms with Gasteiger partial charge in [-0.05, 0) is 251 Å². The number of hydrogen-bond acceptors (Lipinski definition) is 4. The average molecular weight is 1530 g/mol. The van der Waals surface area contributed by atoms with Gasteiger partial charge in [-0.15, -0.1) is 0 Å². The van der Waals surface area contributed by atoms with Gasteiger partial charge in [0.05, 0.1) is 22.7 Å². The molecule has 0 aromatic heterocycles. The van der Waals surface area contributed by atoms with Crippen LogP contribution >= 0.6 is 0 Å². The van der Waals surface area contributed by atoms with Crippen LogP contribution in [0.1, 0.15) is 24.0 Å².